The fourth-order valence-electron chi connectivity index (χ4n) is 3.46. The monoisotopic (exact) mass is 366 g/mol. The van der Waals surface area contributed by atoms with Crippen molar-refractivity contribution in [3.05, 3.63) is 24.3 Å². The molecular formula is C18H26N2O4S. The topological polar surface area (TPSA) is 86.7 Å². The van der Waals surface area contributed by atoms with Crippen molar-refractivity contribution < 1.29 is 18.3 Å². The average molecular weight is 366 g/mol. The third-order valence-corrected chi connectivity index (χ3v) is 7.67. The molecule has 0 atom stereocenters. The Bertz CT molecular complexity index is 720. The van der Waals surface area contributed by atoms with Crippen LogP contribution in [0.5, 0.6) is 0 Å². The maximum atomic E-state index is 12.6. The zero-order chi connectivity index (χ0) is 18.1. The van der Waals surface area contributed by atoms with Crippen LogP contribution in [0.25, 0.3) is 0 Å². The Kier molecular flexibility index (Phi) is 5.06. The summed E-state index contributed by atoms with van der Waals surface area (Å²) in [7, 11) is -1.57. The lowest BCUT2D eigenvalue weighted by atomic mass is 10.1. The normalized spacial score (nSPS) is 19.6. The van der Waals surface area contributed by atoms with Gasteiger partial charge < -0.3 is 15.3 Å². The highest BCUT2D eigenvalue weighted by Crippen LogP contribution is 2.45. The smallest absolute Gasteiger partial charge is 0.321 e. The maximum absolute atomic E-state index is 12.6. The number of nitrogens with zero attached hydrogens (tertiary/aromatic N) is 1. The van der Waals surface area contributed by atoms with Gasteiger partial charge in [-0.2, -0.15) is 0 Å². The van der Waals surface area contributed by atoms with Gasteiger partial charge in [-0.25, -0.2) is 13.2 Å². The molecule has 138 valence electrons. The van der Waals surface area contributed by atoms with E-state index < -0.39 is 9.84 Å². The van der Waals surface area contributed by atoms with Crippen LogP contribution in [0, 0.1) is 5.41 Å². The minimum Gasteiger partial charge on any atom is -0.396 e. The highest BCUT2D eigenvalue weighted by molar-refractivity contribution is 7.92. The van der Waals surface area contributed by atoms with Gasteiger partial charge in [0.25, 0.3) is 0 Å². The third kappa shape index (κ3) is 3.98. The van der Waals surface area contributed by atoms with Crippen molar-refractivity contribution in [1.82, 2.24) is 4.90 Å². The number of anilines is 1. The van der Waals surface area contributed by atoms with Crippen molar-refractivity contribution in [3.8, 4) is 0 Å². The number of rotatable bonds is 6. The number of carbonyl (C=O) groups is 1. The summed E-state index contributed by atoms with van der Waals surface area (Å²) < 4.78 is 25.1. The van der Waals surface area contributed by atoms with E-state index in [0.29, 0.717) is 17.1 Å². The predicted molar refractivity (Wildman–Crippen MR) is 96.3 cm³/mol. The summed E-state index contributed by atoms with van der Waals surface area (Å²) >= 11 is 0. The third-order valence-electron chi connectivity index (χ3n) is 5.39. The lowest BCUT2D eigenvalue weighted by Gasteiger charge is -2.22. The Morgan fingerprint density at radius 2 is 1.84 bits per heavy atom. The molecule has 2 saturated carbocycles. The van der Waals surface area contributed by atoms with Crippen LogP contribution in [0.3, 0.4) is 0 Å². The van der Waals surface area contributed by atoms with E-state index in [1.807, 2.05) is 0 Å². The van der Waals surface area contributed by atoms with Crippen molar-refractivity contribution in [2.45, 2.75) is 48.7 Å². The van der Waals surface area contributed by atoms with Gasteiger partial charge in [0.05, 0.1) is 16.8 Å². The van der Waals surface area contributed by atoms with Crippen LogP contribution in [0.2, 0.25) is 0 Å². The van der Waals surface area contributed by atoms with Crippen molar-refractivity contribution >= 4 is 21.6 Å². The number of nitrogens with one attached hydrogen (secondary N) is 1. The molecule has 2 aliphatic rings. The molecule has 2 N–H and O–H groups in total. The summed E-state index contributed by atoms with van der Waals surface area (Å²) in [6.07, 6.45) is 5.29. The molecule has 2 aliphatic carbocycles. The number of hydrogen-bond acceptors (Lipinski definition) is 4. The number of urea groups is 1. The molecule has 0 saturated heterocycles. The molecule has 2 amide bonds. The van der Waals surface area contributed by atoms with Gasteiger partial charge in [0, 0.05) is 24.7 Å². The summed E-state index contributed by atoms with van der Waals surface area (Å²) in [5.41, 5.74) is 0.432. The van der Waals surface area contributed by atoms with Gasteiger partial charge in [-0.15, -0.1) is 0 Å². The Balaban J connectivity index is 1.61. The Morgan fingerprint density at radius 3 is 2.36 bits per heavy atom. The largest absolute Gasteiger partial charge is 0.396 e. The molecule has 0 radical (unpaired) electrons. The average Bonchev–Trinajstić information content (AvgIpc) is 3.14. The Labute approximate surface area is 149 Å². The van der Waals surface area contributed by atoms with Crippen LogP contribution in [0.15, 0.2) is 29.2 Å². The number of aliphatic hydroxyl groups excluding tert-OH is 1. The van der Waals surface area contributed by atoms with Gasteiger partial charge in [0.15, 0.2) is 9.84 Å². The standard InChI is InChI=1S/C18H26N2O4S/c1-20(12-18(13-21)10-11-18)17(22)19-14-6-8-16(9-7-14)25(23,24)15-4-2-3-5-15/h6-9,15,21H,2-5,10-13H2,1H3,(H,19,22). The van der Waals surface area contributed by atoms with E-state index in [9.17, 15) is 18.3 Å². The predicted octanol–water partition coefficient (Wildman–Crippen LogP) is 2.64. The number of aliphatic hydroxyl groups is 1. The summed E-state index contributed by atoms with van der Waals surface area (Å²) in [6, 6.07) is 6.14. The number of amides is 2. The van der Waals surface area contributed by atoms with Crippen LogP contribution in [0.1, 0.15) is 38.5 Å². The molecule has 0 unspecified atom stereocenters. The van der Waals surface area contributed by atoms with E-state index in [2.05, 4.69) is 5.32 Å². The minimum absolute atomic E-state index is 0.0956. The SMILES string of the molecule is CN(CC1(CO)CC1)C(=O)Nc1ccc(S(=O)(=O)C2CCCC2)cc1. The minimum atomic E-state index is -3.27. The second-order valence-electron chi connectivity index (χ2n) is 7.42. The number of benzene rings is 1. The molecule has 0 aromatic heterocycles. The fourth-order valence-corrected chi connectivity index (χ4v) is 5.31. The van der Waals surface area contributed by atoms with Gasteiger partial charge in [0.2, 0.25) is 0 Å². The molecule has 0 heterocycles. The van der Waals surface area contributed by atoms with E-state index in [-0.39, 0.29) is 23.3 Å². The Hall–Kier alpha value is -1.60. The van der Waals surface area contributed by atoms with Gasteiger partial charge in [-0.05, 0) is 49.9 Å². The van der Waals surface area contributed by atoms with Crippen LogP contribution in [-0.4, -0.2) is 49.9 Å². The summed E-state index contributed by atoms with van der Waals surface area (Å²) in [4.78, 5) is 14.1. The number of hydrogen-bond donors (Lipinski definition) is 2. The molecule has 7 heteroatoms. The molecule has 1 aromatic carbocycles. The van der Waals surface area contributed by atoms with Gasteiger partial charge >= 0.3 is 6.03 Å². The molecule has 6 nitrogen and oxygen atoms in total. The van der Waals surface area contributed by atoms with Crippen molar-refractivity contribution in [3.63, 3.8) is 0 Å². The molecule has 0 aliphatic heterocycles. The van der Waals surface area contributed by atoms with Crippen LogP contribution >= 0.6 is 0 Å². The Morgan fingerprint density at radius 1 is 1.24 bits per heavy atom. The zero-order valence-electron chi connectivity index (χ0n) is 14.6. The van der Waals surface area contributed by atoms with E-state index in [1.54, 1.807) is 36.2 Å². The molecule has 2 fully saturated rings. The first-order valence-corrected chi connectivity index (χ1v) is 10.4. The maximum Gasteiger partial charge on any atom is 0.321 e. The molecule has 3 rings (SSSR count). The highest BCUT2D eigenvalue weighted by atomic mass is 32.2. The first-order chi connectivity index (χ1) is 11.9. The lowest BCUT2D eigenvalue weighted by Crippen LogP contribution is -2.37. The second-order valence-corrected chi connectivity index (χ2v) is 9.65. The molecular weight excluding hydrogens is 340 g/mol. The van der Waals surface area contributed by atoms with Gasteiger partial charge in [0.1, 0.15) is 0 Å². The second kappa shape index (κ2) is 6.96. The summed E-state index contributed by atoms with van der Waals surface area (Å²) in [5, 5.41) is 11.9. The van der Waals surface area contributed by atoms with Crippen LogP contribution in [0.4, 0.5) is 10.5 Å². The van der Waals surface area contributed by atoms with Crippen molar-refractivity contribution in [2.75, 3.05) is 25.5 Å². The van der Waals surface area contributed by atoms with E-state index in [4.69, 9.17) is 0 Å². The number of carbonyl (C=O) groups excluding carboxylic acids is 1. The van der Waals surface area contributed by atoms with E-state index in [1.165, 1.54) is 0 Å². The van der Waals surface area contributed by atoms with Crippen molar-refractivity contribution in [1.29, 1.82) is 0 Å². The van der Waals surface area contributed by atoms with E-state index >= 15 is 0 Å². The lowest BCUT2D eigenvalue weighted by molar-refractivity contribution is 0.168. The summed E-state index contributed by atoms with van der Waals surface area (Å²) in [6.45, 7) is 0.613. The summed E-state index contributed by atoms with van der Waals surface area (Å²) in [5.74, 6) is 0. The first-order valence-electron chi connectivity index (χ1n) is 8.83. The quantitative estimate of drug-likeness (QED) is 0.810. The first kappa shape index (κ1) is 18.2. The molecule has 0 bridgehead atoms. The fraction of sp³-hybridized carbons (Fsp3) is 0.611. The van der Waals surface area contributed by atoms with Gasteiger partial charge in [-0.1, -0.05) is 12.8 Å². The molecule has 0 spiro atoms. The molecule has 1 aromatic rings. The van der Waals surface area contributed by atoms with Gasteiger partial charge in [-0.3, -0.25) is 0 Å². The van der Waals surface area contributed by atoms with E-state index in [0.717, 1.165) is 38.5 Å². The van der Waals surface area contributed by atoms with Crippen LogP contribution in [-0.2, 0) is 9.84 Å². The zero-order valence-corrected chi connectivity index (χ0v) is 15.4. The highest BCUT2D eigenvalue weighted by Gasteiger charge is 2.43. The number of sulfone groups is 1. The molecule has 25 heavy (non-hydrogen) atoms. The van der Waals surface area contributed by atoms with Crippen molar-refractivity contribution in [2.24, 2.45) is 5.41 Å². The van der Waals surface area contributed by atoms with Crippen LogP contribution < -0.4 is 5.32 Å².